The van der Waals surface area contributed by atoms with Gasteiger partial charge in [-0.05, 0) is 73.2 Å². The van der Waals surface area contributed by atoms with Crippen molar-refractivity contribution in [1.82, 2.24) is 9.47 Å². The Morgan fingerprint density at radius 2 is 1.94 bits per heavy atom. The number of benzene rings is 2. The lowest BCUT2D eigenvalue weighted by atomic mass is 9.87. The molecule has 35 heavy (non-hydrogen) atoms. The number of carboxylic acid groups (broad SMARTS) is 1. The molecule has 0 spiro atoms. The van der Waals surface area contributed by atoms with E-state index in [1.165, 1.54) is 11.6 Å². The maximum atomic E-state index is 14.7. The van der Waals surface area contributed by atoms with Crippen molar-refractivity contribution in [3.8, 4) is 0 Å². The number of halogens is 3. The van der Waals surface area contributed by atoms with E-state index in [9.17, 15) is 22.8 Å². The van der Waals surface area contributed by atoms with Gasteiger partial charge in [0.1, 0.15) is 0 Å². The fraction of sp³-hybridized carbons (Fsp3) is 0.407. The molecule has 3 aromatic rings. The van der Waals surface area contributed by atoms with Gasteiger partial charge in [-0.25, -0.2) is 0 Å². The highest BCUT2D eigenvalue weighted by Gasteiger charge is 2.41. The van der Waals surface area contributed by atoms with Crippen molar-refractivity contribution in [2.24, 2.45) is 7.05 Å². The van der Waals surface area contributed by atoms with Crippen molar-refractivity contribution in [2.75, 3.05) is 13.1 Å². The number of alkyl halides is 3. The van der Waals surface area contributed by atoms with Crippen LogP contribution < -0.4 is 5.56 Å². The highest BCUT2D eigenvalue weighted by Crippen LogP contribution is 2.45. The van der Waals surface area contributed by atoms with E-state index in [-0.39, 0.29) is 22.9 Å². The average Bonchev–Trinajstić information content (AvgIpc) is 3.20. The fourth-order valence-corrected chi connectivity index (χ4v) is 5.65. The van der Waals surface area contributed by atoms with Crippen molar-refractivity contribution in [2.45, 2.75) is 50.7 Å². The number of aliphatic carboxylic acids is 1. The van der Waals surface area contributed by atoms with Gasteiger partial charge in [0.25, 0.3) is 5.56 Å². The Morgan fingerprint density at radius 1 is 1.17 bits per heavy atom. The summed E-state index contributed by atoms with van der Waals surface area (Å²) in [6.07, 6.45) is -2.44. The van der Waals surface area contributed by atoms with Gasteiger partial charge in [0, 0.05) is 36.9 Å². The number of aromatic nitrogens is 1. The summed E-state index contributed by atoms with van der Waals surface area (Å²) >= 11 is 0. The first-order valence-corrected chi connectivity index (χ1v) is 11.9. The number of pyridine rings is 1. The average molecular weight is 485 g/mol. The number of rotatable bonds is 6. The highest BCUT2D eigenvalue weighted by atomic mass is 19.4. The minimum atomic E-state index is -4.69. The molecule has 0 radical (unpaired) electrons. The number of nitrogens with zero attached hydrogens (tertiary/aromatic N) is 2. The van der Waals surface area contributed by atoms with Crippen molar-refractivity contribution in [3.05, 3.63) is 80.1 Å². The highest BCUT2D eigenvalue weighted by molar-refractivity contribution is 5.85. The Kier molecular flexibility index (Phi) is 5.95. The summed E-state index contributed by atoms with van der Waals surface area (Å²) < 4.78 is 45.3. The Balaban J connectivity index is 1.69. The quantitative estimate of drug-likeness (QED) is 0.543. The Labute approximate surface area is 200 Å². The first-order valence-electron chi connectivity index (χ1n) is 11.9. The van der Waals surface area contributed by atoms with Crippen LogP contribution in [0.5, 0.6) is 0 Å². The first-order chi connectivity index (χ1) is 16.6. The molecule has 0 bridgehead atoms. The van der Waals surface area contributed by atoms with Crippen molar-refractivity contribution >= 4 is 16.9 Å². The van der Waals surface area contributed by atoms with E-state index in [1.807, 2.05) is 6.07 Å². The fourth-order valence-electron chi connectivity index (χ4n) is 5.65. The van der Waals surface area contributed by atoms with E-state index in [1.54, 1.807) is 30.3 Å². The number of fused-ring (bicyclic) bond motifs is 2. The minimum absolute atomic E-state index is 0.0492. The van der Waals surface area contributed by atoms with E-state index >= 15 is 0 Å². The molecule has 5 nitrogen and oxygen atoms in total. The molecule has 0 saturated carbocycles. The zero-order valence-corrected chi connectivity index (χ0v) is 19.5. The molecule has 184 valence electrons. The van der Waals surface area contributed by atoms with Crippen LogP contribution >= 0.6 is 0 Å². The summed E-state index contributed by atoms with van der Waals surface area (Å²) in [5.41, 5.74) is 1.80. The molecule has 5 rings (SSSR count). The second-order valence-electron chi connectivity index (χ2n) is 9.60. The second kappa shape index (κ2) is 8.82. The lowest BCUT2D eigenvalue weighted by molar-refractivity contribution is -0.138. The summed E-state index contributed by atoms with van der Waals surface area (Å²) in [7, 11) is 1.53. The van der Waals surface area contributed by atoms with Crippen LogP contribution in [0.2, 0.25) is 0 Å². The minimum Gasteiger partial charge on any atom is -0.481 e. The van der Waals surface area contributed by atoms with Gasteiger partial charge in [0.15, 0.2) is 0 Å². The predicted octanol–water partition coefficient (Wildman–Crippen LogP) is 4.86. The van der Waals surface area contributed by atoms with E-state index in [2.05, 4.69) is 4.90 Å². The molecule has 1 aliphatic heterocycles. The Bertz CT molecular complexity index is 1370. The smallest absolute Gasteiger partial charge is 0.417 e. The molecule has 1 fully saturated rings. The molecule has 2 aliphatic rings. The summed E-state index contributed by atoms with van der Waals surface area (Å²) in [6, 6.07) is 10.4. The van der Waals surface area contributed by atoms with Crippen LogP contribution in [0, 0.1) is 0 Å². The number of carboxylic acids is 1. The number of likely N-dealkylation sites (tertiary alicyclic amines) is 1. The lowest BCUT2D eigenvalue weighted by Crippen LogP contribution is -2.36. The zero-order chi connectivity index (χ0) is 24.9. The van der Waals surface area contributed by atoms with Crippen molar-refractivity contribution in [1.29, 1.82) is 0 Å². The predicted molar refractivity (Wildman–Crippen MR) is 127 cm³/mol. The van der Waals surface area contributed by atoms with Gasteiger partial charge in [0.2, 0.25) is 0 Å². The third-order valence-electron chi connectivity index (χ3n) is 7.46. The van der Waals surface area contributed by atoms with E-state index < -0.39 is 29.2 Å². The van der Waals surface area contributed by atoms with Gasteiger partial charge in [-0.15, -0.1) is 0 Å². The van der Waals surface area contributed by atoms with Gasteiger partial charge in [-0.2, -0.15) is 13.2 Å². The van der Waals surface area contributed by atoms with Crippen molar-refractivity contribution < 1.29 is 23.1 Å². The van der Waals surface area contributed by atoms with Gasteiger partial charge in [-0.3, -0.25) is 14.5 Å². The Morgan fingerprint density at radius 3 is 2.60 bits per heavy atom. The number of carbonyl (C=O) groups is 1. The largest absolute Gasteiger partial charge is 0.481 e. The van der Waals surface area contributed by atoms with E-state index in [0.717, 1.165) is 36.2 Å². The molecule has 1 aromatic heterocycles. The molecule has 0 amide bonds. The van der Waals surface area contributed by atoms with Gasteiger partial charge in [-0.1, -0.05) is 24.3 Å². The van der Waals surface area contributed by atoms with Crippen LogP contribution in [-0.2, 0) is 37.4 Å². The van der Waals surface area contributed by atoms with Crippen LogP contribution in [0.1, 0.15) is 58.6 Å². The van der Waals surface area contributed by atoms with Crippen molar-refractivity contribution in [3.63, 3.8) is 0 Å². The normalized spacial score (nSPS) is 18.0. The lowest BCUT2D eigenvalue weighted by Gasteiger charge is -2.31. The second-order valence-corrected chi connectivity index (χ2v) is 9.60. The molecule has 1 N–H and O–H groups in total. The maximum absolute atomic E-state index is 14.7. The van der Waals surface area contributed by atoms with Gasteiger partial charge >= 0.3 is 12.1 Å². The summed E-state index contributed by atoms with van der Waals surface area (Å²) in [5.74, 6) is -1.61. The Hall–Kier alpha value is -3.13. The molecular formula is C27H27F3N2O3. The third kappa shape index (κ3) is 4.24. The summed E-state index contributed by atoms with van der Waals surface area (Å²) in [4.78, 5) is 26.7. The molecule has 2 aromatic carbocycles. The van der Waals surface area contributed by atoms with Crippen LogP contribution in [0.3, 0.4) is 0 Å². The van der Waals surface area contributed by atoms with Gasteiger partial charge in [0.05, 0.1) is 11.1 Å². The van der Waals surface area contributed by atoms with Crippen LogP contribution in [0.4, 0.5) is 13.2 Å². The summed E-state index contributed by atoms with van der Waals surface area (Å²) in [6.45, 7) is 2.46. The number of hydrogen-bond donors (Lipinski definition) is 1. The van der Waals surface area contributed by atoms with E-state index in [0.29, 0.717) is 31.4 Å². The molecular weight excluding hydrogens is 457 g/mol. The van der Waals surface area contributed by atoms with Crippen LogP contribution in [-0.4, -0.2) is 33.6 Å². The third-order valence-corrected chi connectivity index (χ3v) is 7.46. The van der Waals surface area contributed by atoms with Crippen LogP contribution in [0.15, 0.2) is 41.2 Å². The molecule has 1 atom stereocenters. The van der Waals surface area contributed by atoms with E-state index in [4.69, 9.17) is 5.11 Å². The molecule has 1 saturated heterocycles. The standard InChI is InChI=1S/C27H27F3N2O3/c1-31-22-10-6-16(15-32-12-3-13-32)14-21(22)25(27(28,29)30)24(26(31)35)20-9-8-18-17(7-11-23(33)34)4-2-5-19(18)20/h2,4-6,10,14,20H,3,7-9,11-13,15H2,1H3,(H,33,34)/t20-/m0/s1. The molecule has 2 heterocycles. The summed E-state index contributed by atoms with van der Waals surface area (Å²) in [5, 5.41) is 9.13. The topological polar surface area (TPSA) is 62.5 Å². The molecule has 0 unspecified atom stereocenters. The SMILES string of the molecule is Cn1c(=O)c([C@H]2CCc3c(CCC(=O)O)cccc32)c(C(F)(F)F)c2cc(CN3CCC3)ccc21. The first kappa shape index (κ1) is 23.6. The zero-order valence-electron chi connectivity index (χ0n) is 19.5. The molecule has 8 heteroatoms. The number of hydrogen-bond acceptors (Lipinski definition) is 3. The monoisotopic (exact) mass is 484 g/mol. The van der Waals surface area contributed by atoms with Crippen LogP contribution in [0.25, 0.3) is 10.9 Å². The molecule has 1 aliphatic carbocycles. The number of aryl methyl sites for hydroxylation is 2. The van der Waals surface area contributed by atoms with Gasteiger partial charge < -0.3 is 9.67 Å². The maximum Gasteiger partial charge on any atom is 0.417 e.